The maximum atomic E-state index is 6.67. The molecule has 0 fully saturated rings. The van der Waals surface area contributed by atoms with Crippen molar-refractivity contribution in [1.29, 1.82) is 0 Å². The summed E-state index contributed by atoms with van der Waals surface area (Å²) in [5.41, 5.74) is 8.41. The number of nitrogens with zero attached hydrogens (tertiary/aromatic N) is 1. The number of ether oxygens (including phenoxy) is 3. The van der Waals surface area contributed by atoms with E-state index in [9.17, 15) is 0 Å². The number of aryl methyl sites for hydroxylation is 2. The third-order valence-corrected chi connectivity index (χ3v) is 7.09. The van der Waals surface area contributed by atoms with E-state index in [-0.39, 0.29) is 6.10 Å². The molecule has 0 radical (unpaired) electrons. The highest BCUT2D eigenvalue weighted by molar-refractivity contribution is 5.99. The predicted molar refractivity (Wildman–Crippen MR) is 143 cm³/mol. The van der Waals surface area contributed by atoms with Crippen LogP contribution >= 0.6 is 0 Å². The number of hydrogen-bond donors (Lipinski definition) is 0. The number of fused-ring (bicyclic) bond motifs is 4. The van der Waals surface area contributed by atoms with E-state index in [0.717, 1.165) is 54.4 Å². The van der Waals surface area contributed by atoms with Gasteiger partial charge < -0.3 is 19.1 Å². The second-order valence-corrected chi connectivity index (χ2v) is 9.51. The molecule has 4 nitrogen and oxygen atoms in total. The normalized spacial score (nSPS) is 16.2. The quantitative estimate of drug-likeness (QED) is 0.386. The molecule has 182 valence electrons. The lowest BCUT2D eigenvalue weighted by Gasteiger charge is -2.35. The van der Waals surface area contributed by atoms with E-state index in [1.807, 2.05) is 0 Å². The lowest BCUT2D eigenvalue weighted by molar-refractivity contribution is 0.222. The fraction of sp³-hybridized carbons (Fsp3) is 0.355. The molecule has 3 aromatic rings. The van der Waals surface area contributed by atoms with Gasteiger partial charge in [0.2, 0.25) is 0 Å². The van der Waals surface area contributed by atoms with Crippen molar-refractivity contribution in [1.82, 2.24) is 4.90 Å². The fourth-order valence-corrected chi connectivity index (χ4v) is 5.05. The Labute approximate surface area is 209 Å². The molecule has 0 saturated carbocycles. The van der Waals surface area contributed by atoms with Gasteiger partial charge >= 0.3 is 0 Å². The Morgan fingerprint density at radius 1 is 0.857 bits per heavy atom. The summed E-state index contributed by atoms with van der Waals surface area (Å²) < 4.78 is 18.9. The van der Waals surface area contributed by atoms with Crippen LogP contribution in [0.3, 0.4) is 0 Å². The smallest absolute Gasteiger partial charge is 0.129 e. The predicted octanol–water partition coefficient (Wildman–Crippen LogP) is 6.33. The molecule has 0 saturated heterocycles. The lowest BCUT2D eigenvalue weighted by atomic mass is 9.84. The first-order chi connectivity index (χ1) is 17.1. The lowest BCUT2D eigenvalue weighted by Crippen LogP contribution is -2.30. The number of rotatable bonds is 8. The van der Waals surface area contributed by atoms with E-state index in [4.69, 9.17) is 14.2 Å². The Morgan fingerprint density at radius 2 is 1.54 bits per heavy atom. The largest absolute Gasteiger partial charge is 0.492 e. The van der Waals surface area contributed by atoms with Gasteiger partial charge in [0, 0.05) is 35.2 Å². The summed E-state index contributed by atoms with van der Waals surface area (Å²) in [6.07, 6.45) is 0.721. The molecule has 0 bridgehead atoms. The average molecular weight is 470 g/mol. The van der Waals surface area contributed by atoms with E-state index in [0.29, 0.717) is 13.2 Å². The van der Waals surface area contributed by atoms with Gasteiger partial charge in [-0.05, 0) is 67.9 Å². The first-order valence-corrected chi connectivity index (χ1v) is 12.7. The summed E-state index contributed by atoms with van der Waals surface area (Å²) in [6, 6.07) is 21.4. The molecule has 2 aliphatic rings. The number of hydrogen-bond acceptors (Lipinski definition) is 4. The van der Waals surface area contributed by atoms with Gasteiger partial charge in [-0.3, -0.25) is 0 Å². The van der Waals surface area contributed by atoms with Crippen LogP contribution in [-0.2, 0) is 6.42 Å². The van der Waals surface area contributed by atoms with Crippen LogP contribution in [0.15, 0.2) is 60.7 Å². The van der Waals surface area contributed by atoms with Crippen LogP contribution in [0.4, 0.5) is 0 Å². The van der Waals surface area contributed by atoms with Crippen LogP contribution in [0, 0.1) is 13.8 Å². The van der Waals surface area contributed by atoms with Gasteiger partial charge in [-0.25, -0.2) is 0 Å². The zero-order chi connectivity index (χ0) is 24.4. The van der Waals surface area contributed by atoms with Gasteiger partial charge in [0.15, 0.2) is 0 Å². The topological polar surface area (TPSA) is 30.9 Å². The molecule has 0 amide bonds. The van der Waals surface area contributed by atoms with Crippen LogP contribution < -0.4 is 14.2 Å². The first-order valence-electron chi connectivity index (χ1n) is 12.7. The molecule has 5 rings (SSSR count). The standard InChI is InChI=1S/C31H35NO3/c1-5-32(6-2)15-16-33-24-11-9-23(10-12-24)19-30-31-26-14-8-21(3)17-28(26)34-20-27(31)25-13-7-22(4)18-29(25)35-30/h7-14,17-18,30H,5-6,15-16,19-20H2,1-4H3. The maximum Gasteiger partial charge on any atom is 0.129 e. The van der Waals surface area contributed by atoms with Gasteiger partial charge in [0.1, 0.15) is 36.6 Å². The monoisotopic (exact) mass is 469 g/mol. The highest BCUT2D eigenvalue weighted by Gasteiger charge is 2.34. The van der Waals surface area contributed by atoms with Crippen molar-refractivity contribution >= 4 is 11.1 Å². The fourth-order valence-electron chi connectivity index (χ4n) is 5.05. The summed E-state index contributed by atoms with van der Waals surface area (Å²) in [7, 11) is 0. The molecule has 1 atom stereocenters. The van der Waals surface area contributed by atoms with E-state index in [1.54, 1.807) is 0 Å². The summed E-state index contributed by atoms with van der Waals surface area (Å²) in [5.74, 6) is 2.81. The van der Waals surface area contributed by atoms with Gasteiger partial charge in [-0.15, -0.1) is 0 Å². The Balaban J connectivity index is 1.40. The molecular weight excluding hydrogens is 434 g/mol. The molecule has 1 unspecified atom stereocenters. The van der Waals surface area contributed by atoms with Crippen molar-refractivity contribution in [2.75, 3.05) is 32.8 Å². The highest BCUT2D eigenvalue weighted by atomic mass is 16.5. The number of benzene rings is 3. The zero-order valence-corrected chi connectivity index (χ0v) is 21.3. The van der Waals surface area contributed by atoms with Gasteiger partial charge in [0.25, 0.3) is 0 Å². The highest BCUT2D eigenvalue weighted by Crippen LogP contribution is 2.46. The zero-order valence-electron chi connectivity index (χ0n) is 21.3. The average Bonchev–Trinajstić information content (AvgIpc) is 2.87. The second kappa shape index (κ2) is 10.2. The Kier molecular flexibility index (Phi) is 6.83. The molecule has 0 aromatic heterocycles. The molecule has 4 heteroatoms. The van der Waals surface area contributed by atoms with E-state index >= 15 is 0 Å². The Bertz CT molecular complexity index is 1220. The van der Waals surface area contributed by atoms with Crippen molar-refractivity contribution in [3.63, 3.8) is 0 Å². The van der Waals surface area contributed by atoms with Crippen molar-refractivity contribution in [3.8, 4) is 17.2 Å². The second-order valence-electron chi connectivity index (χ2n) is 9.51. The van der Waals surface area contributed by atoms with Crippen molar-refractivity contribution < 1.29 is 14.2 Å². The minimum absolute atomic E-state index is 0.0703. The summed E-state index contributed by atoms with van der Waals surface area (Å²) in [4.78, 5) is 2.37. The summed E-state index contributed by atoms with van der Waals surface area (Å²) in [5, 5.41) is 0. The molecule has 35 heavy (non-hydrogen) atoms. The van der Waals surface area contributed by atoms with Crippen LogP contribution in [0.2, 0.25) is 0 Å². The van der Waals surface area contributed by atoms with Crippen LogP contribution in [-0.4, -0.2) is 43.9 Å². The number of likely N-dealkylation sites (N-methyl/N-ethyl adjacent to an activating group) is 1. The minimum atomic E-state index is -0.0703. The van der Waals surface area contributed by atoms with Gasteiger partial charge in [-0.1, -0.05) is 50.2 Å². The SMILES string of the molecule is CCN(CC)CCOc1ccc(CC2Oc3cc(C)ccc3C3=C2c2ccc(C)cc2OC3)cc1. The minimum Gasteiger partial charge on any atom is -0.492 e. The molecule has 2 heterocycles. The van der Waals surface area contributed by atoms with Gasteiger partial charge in [0.05, 0.1) is 0 Å². The molecular formula is C31H35NO3. The maximum absolute atomic E-state index is 6.67. The third kappa shape index (κ3) is 4.94. The van der Waals surface area contributed by atoms with Crippen molar-refractivity contribution in [2.24, 2.45) is 0 Å². The van der Waals surface area contributed by atoms with Crippen LogP contribution in [0.1, 0.15) is 41.7 Å². The Morgan fingerprint density at radius 3 is 2.26 bits per heavy atom. The van der Waals surface area contributed by atoms with E-state index in [1.165, 1.54) is 27.8 Å². The van der Waals surface area contributed by atoms with E-state index in [2.05, 4.69) is 93.3 Å². The molecule has 2 aliphatic heterocycles. The molecule has 3 aromatic carbocycles. The molecule has 0 N–H and O–H groups in total. The molecule has 0 spiro atoms. The Hall–Kier alpha value is -3.24. The summed E-state index contributed by atoms with van der Waals surface area (Å²) >= 11 is 0. The van der Waals surface area contributed by atoms with Crippen molar-refractivity contribution in [2.45, 2.75) is 40.2 Å². The van der Waals surface area contributed by atoms with Gasteiger partial charge in [-0.2, -0.15) is 0 Å². The summed E-state index contributed by atoms with van der Waals surface area (Å²) in [6.45, 7) is 12.9. The third-order valence-electron chi connectivity index (χ3n) is 7.09. The van der Waals surface area contributed by atoms with E-state index < -0.39 is 0 Å². The van der Waals surface area contributed by atoms with Crippen LogP contribution in [0.5, 0.6) is 17.2 Å². The van der Waals surface area contributed by atoms with Crippen LogP contribution in [0.25, 0.3) is 11.1 Å². The molecule has 0 aliphatic carbocycles. The first kappa shape index (κ1) is 23.5. The van der Waals surface area contributed by atoms with Crippen molar-refractivity contribution in [3.05, 3.63) is 88.5 Å².